The molecule has 1 amide bonds. The molecule has 0 atom stereocenters. The lowest BCUT2D eigenvalue weighted by atomic mass is 10.1. The molecule has 0 radical (unpaired) electrons. The van der Waals surface area contributed by atoms with E-state index in [1.165, 1.54) is 0 Å². The van der Waals surface area contributed by atoms with E-state index < -0.39 is 0 Å². The van der Waals surface area contributed by atoms with Crippen molar-refractivity contribution in [2.45, 2.75) is 19.3 Å². The fourth-order valence-electron chi connectivity index (χ4n) is 1.77. The Hall–Kier alpha value is -1.48. The lowest BCUT2D eigenvalue weighted by Gasteiger charge is -1.98. The number of unbranched alkanes of at least 4 members (excludes halogenated alkanes) is 1. The summed E-state index contributed by atoms with van der Waals surface area (Å²) in [4.78, 5) is 15.5. The smallest absolute Gasteiger partial charge is 0.274 e. The van der Waals surface area contributed by atoms with Gasteiger partial charge in [0.2, 0.25) is 0 Å². The second-order valence-electron chi connectivity index (χ2n) is 3.59. The molecule has 0 unspecified atom stereocenters. The number of hydrogen-bond acceptors (Lipinski definition) is 2. The van der Waals surface area contributed by atoms with Gasteiger partial charge in [-0.3, -0.25) is 4.79 Å². The summed E-state index contributed by atoms with van der Waals surface area (Å²) in [5.74, 6) is -0.117. The molecule has 1 heterocycles. The second kappa shape index (κ2) is 4.36. The summed E-state index contributed by atoms with van der Waals surface area (Å²) in [6.07, 6.45) is 2.28. The number of carbonyl (C=O) groups is 1. The third-order valence-electron chi connectivity index (χ3n) is 2.54. The van der Waals surface area contributed by atoms with Crippen molar-refractivity contribution < 1.29 is 9.90 Å². The number of fused-ring (bicyclic) bond motifs is 1. The molecule has 2 rings (SSSR count). The zero-order valence-electron chi connectivity index (χ0n) is 8.44. The minimum Gasteiger partial charge on any atom is -0.396 e. The highest BCUT2D eigenvalue weighted by Gasteiger charge is 2.14. The Kier molecular flexibility index (Phi) is 2.92. The standard InChI is InChI=1S/C12H13NO2/c14-8-4-3-6-10-9-5-1-2-7-11(9)13-12(10)15/h1-2,5,7,14H,3-4,6,8H2. The summed E-state index contributed by atoms with van der Waals surface area (Å²) in [5, 5.41) is 10.4. The van der Waals surface area contributed by atoms with Crippen LogP contribution in [0.4, 0.5) is 0 Å². The van der Waals surface area contributed by atoms with Gasteiger partial charge in [0.1, 0.15) is 0 Å². The third-order valence-corrected chi connectivity index (χ3v) is 2.54. The number of amides is 1. The summed E-state index contributed by atoms with van der Waals surface area (Å²) < 4.78 is 0. The fourth-order valence-corrected chi connectivity index (χ4v) is 1.77. The molecule has 0 fully saturated rings. The number of para-hydroxylation sites is 1. The van der Waals surface area contributed by atoms with Gasteiger partial charge in [-0.2, -0.15) is 0 Å². The largest absolute Gasteiger partial charge is 0.396 e. The normalized spacial score (nSPS) is 13.9. The lowest BCUT2D eigenvalue weighted by molar-refractivity contribution is -0.112. The summed E-state index contributed by atoms with van der Waals surface area (Å²) in [7, 11) is 0. The number of aliphatic hydroxyl groups excluding tert-OH is 1. The first-order chi connectivity index (χ1) is 7.33. The minimum atomic E-state index is -0.117. The highest BCUT2D eigenvalue weighted by molar-refractivity contribution is 6.15. The molecule has 0 saturated heterocycles. The predicted octanol–water partition coefficient (Wildman–Crippen LogP) is 0.160. The Morgan fingerprint density at radius 2 is 2.00 bits per heavy atom. The van der Waals surface area contributed by atoms with E-state index in [-0.39, 0.29) is 12.5 Å². The second-order valence-corrected chi connectivity index (χ2v) is 3.59. The molecule has 0 spiro atoms. The van der Waals surface area contributed by atoms with E-state index in [4.69, 9.17) is 5.11 Å². The van der Waals surface area contributed by atoms with Crippen LogP contribution in [0.15, 0.2) is 29.3 Å². The predicted molar refractivity (Wildman–Crippen MR) is 56.6 cm³/mol. The topological polar surface area (TPSA) is 49.7 Å². The average Bonchev–Trinajstić information content (AvgIpc) is 2.56. The molecule has 3 heteroatoms. The van der Waals surface area contributed by atoms with Crippen LogP contribution in [-0.4, -0.2) is 17.6 Å². The van der Waals surface area contributed by atoms with Gasteiger partial charge in [-0.15, -0.1) is 0 Å². The van der Waals surface area contributed by atoms with Crippen molar-refractivity contribution in [3.63, 3.8) is 0 Å². The molecule has 1 aromatic carbocycles. The molecule has 1 aliphatic heterocycles. The van der Waals surface area contributed by atoms with E-state index in [0.29, 0.717) is 6.42 Å². The SMILES string of the molecule is O=C1N=c2ccccc2=C1CCCCO. The Morgan fingerprint density at radius 3 is 2.80 bits per heavy atom. The fraction of sp³-hybridized carbons (Fsp3) is 0.333. The Morgan fingerprint density at radius 1 is 1.20 bits per heavy atom. The van der Waals surface area contributed by atoms with Gasteiger partial charge in [0.25, 0.3) is 5.91 Å². The Labute approximate surface area is 87.8 Å². The van der Waals surface area contributed by atoms with Crippen molar-refractivity contribution in [1.82, 2.24) is 0 Å². The molecule has 1 aromatic rings. The van der Waals surface area contributed by atoms with Gasteiger partial charge in [-0.1, -0.05) is 18.2 Å². The van der Waals surface area contributed by atoms with Crippen molar-refractivity contribution >= 4 is 11.5 Å². The molecule has 3 nitrogen and oxygen atoms in total. The molecular formula is C12H13NO2. The molecule has 0 saturated carbocycles. The van der Waals surface area contributed by atoms with Gasteiger partial charge >= 0.3 is 0 Å². The first-order valence-electron chi connectivity index (χ1n) is 5.15. The first kappa shape index (κ1) is 10.1. The van der Waals surface area contributed by atoms with Crippen LogP contribution in [0.1, 0.15) is 19.3 Å². The molecule has 78 valence electrons. The van der Waals surface area contributed by atoms with E-state index in [9.17, 15) is 4.79 Å². The number of benzene rings is 1. The Balaban J connectivity index is 2.31. The van der Waals surface area contributed by atoms with Crippen molar-refractivity contribution in [1.29, 1.82) is 0 Å². The van der Waals surface area contributed by atoms with E-state index >= 15 is 0 Å². The van der Waals surface area contributed by atoms with Gasteiger partial charge in [-0.05, 0) is 25.3 Å². The number of aliphatic hydroxyl groups is 1. The van der Waals surface area contributed by atoms with Gasteiger partial charge in [-0.25, -0.2) is 4.99 Å². The molecule has 0 aromatic heterocycles. The van der Waals surface area contributed by atoms with Crippen LogP contribution in [0.2, 0.25) is 0 Å². The molecule has 15 heavy (non-hydrogen) atoms. The van der Waals surface area contributed by atoms with E-state index in [1.807, 2.05) is 24.3 Å². The van der Waals surface area contributed by atoms with Crippen LogP contribution < -0.4 is 10.6 Å². The molecule has 1 aliphatic rings. The maximum atomic E-state index is 11.6. The van der Waals surface area contributed by atoms with Crippen LogP contribution in [0.25, 0.3) is 5.57 Å². The van der Waals surface area contributed by atoms with Gasteiger partial charge in [0.15, 0.2) is 0 Å². The van der Waals surface area contributed by atoms with Crippen LogP contribution >= 0.6 is 0 Å². The molecule has 0 bridgehead atoms. The number of nitrogens with zero attached hydrogens (tertiary/aromatic N) is 1. The number of hydrogen-bond donors (Lipinski definition) is 1. The van der Waals surface area contributed by atoms with Gasteiger partial charge < -0.3 is 5.11 Å². The third kappa shape index (κ3) is 1.97. The maximum absolute atomic E-state index is 11.6. The van der Waals surface area contributed by atoms with Crippen molar-refractivity contribution in [2.24, 2.45) is 4.99 Å². The van der Waals surface area contributed by atoms with Crippen molar-refractivity contribution in [2.75, 3.05) is 6.61 Å². The van der Waals surface area contributed by atoms with Crippen molar-refractivity contribution in [3.05, 3.63) is 34.8 Å². The van der Waals surface area contributed by atoms with Gasteiger partial charge in [0.05, 0.1) is 5.36 Å². The summed E-state index contributed by atoms with van der Waals surface area (Å²) in [6.45, 7) is 0.181. The average molecular weight is 203 g/mol. The summed E-state index contributed by atoms with van der Waals surface area (Å²) in [6, 6.07) is 7.58. The highest BCUT2D eigenvalue weighted by atomic mass is 16.2. The minimum absolute atomic E-state index is 0.117. The summed E-state index contributed by atoms with van der Waals surface area (Å²) in [5.41, 5.74) is 0.791. The van der Waals surface area contributed by atoms with E-state index in [1.54, 1.807) is 0 Å². The maximum Gasteiger partial charge on any atom is 0.274 e. The van der Waals surface area contributed by atoms with Crippen LogP contribution in [0, 0.1) is 0 Å². The Bertz CT molecular complexity index is 491. The number of carbonyl (C=O) groups excluding carboxylic acids is 1. The number of rotatable bonds is 4. The van der Waals surface area contributed by atoms with Crippen molar-refractivity contribution in [3.8, 4) is 0 Å². The summed E-state index contributed by atoms with van der Waals surface area (Å²) >= 11 is 0. The van der Waals surface area contributed by atoms with Crippen LogP contribution in [0.3, 0.4) is 0 Å². The lowest BCUT2D eigenvalue weighted by Crippen LogP contribution is -2.22. The first-order valence-corrected chi connectivity index (χ1v) is 5.15. The highest BCUT2D eigenvalue weighted by Crippen LogP contribution is 2.10. The molecule has 0 aliphatic carbocycles. The van der Waals surface area contributed by atoms with Crippen LogP contribution in [0.5, 0.6) is 0 Å². The quantitative estimate of drug-likeness (QED) is 0.709. The zero-order valence-corrected chi connectivity index (χ0v) is 8.44. The zero-order chi connectivity index (χ0) is 10.7. The van der Waals surface area contributed by atoms with E-state index in [0.717, 1.165) is 29.0 Å². The molecular weight excluding hydrogens is 190 g/mol. The van der Waals surface area contributed by atoms with E-state index in [2.05, 4.69) is 4.99 Å². The monoisotopic (exact) mass is 203 g/mol. The molecule has 1 N–H and O–H groups in total. The van der Waals surface area contributed by atoms with Crippen LogP contribution in [-0.2, 0) is 4.79 Å². The van der Waals surface area contributed by atoms with Gasteiger partial charge in [0, 0.05) is 17.4 Å².